The van der Waals surface area contributed by atoms with Gasteiger partial charge >= 0.3 is 0 Å². The Morgan fingerprint density at radius 1 is 0.966 bits per heavy atom. The van der Waals surface area contributed by atoms with Gasteiger partial charge in [-0.15, -0.1) is 0 Å². The fraction of sp³-hybridized carbons (Fsp3) is 0.704. The second-order valence-corrected chi connectivity index (χ2v) is 9.43. The third-order valence-electron chi connectivity index (χ3n) is 7.26. The first-order chi connectivity index (χ1) is 14.2. The van der Waals surface area contributed by atoms with Gasteiger partial charge in [-0.05, 0) is 86.8 Å². The van der Waals surface area contributed by atoms with E-state index in [-0.39, 0.29) is 5.82 Å². The smallest absolute Gasteiger partial charge is 0.165 e. The van der Waals surface area contributed by atoms with Crippen LogP contribution in [0, 0.1) is 23.6 Å². The van der Waals surface area contributed by atoms with Crippen molar-refractivity contribution in [1.29, 1.82) is 0 Å². The number of halogens is 1. The Kier molecular flexibility index (Phi) is 9.08. The maximum Gasteiger partial charge on any atom is 0.165 e. The summed E-state index contributed by atoms with van der Waals surface area (Å²) in [6, 6.07) is 5.48. The average molecular weight is 401 g/mol. The lowest BCUT2D eigenvalue weighted by Crippen LogP contribution is -2.23. The van der Waals surface area contributed by atoms with E-state index < -0.39 is 0 Å². The number of hydrogen-bond donors (Lipinski definition) is 0. The van der Waals surface area contributed by atoms with Crippen LogP contribution in [-0.4, -0.2) is 6.61 Å². The van der Waals surface area contributed by atoms with Gasteiger partial charge in [0.1, 0.15) is 0 Å². The van der Waals surface area contributed by atoms with Gasteiger partial charge < -0.3 is 4.74 Å². The van der Waals surface area contributed by atoms with Gasteiger partial charge in [0.25, 0.3) is 0 Å². The predicted octanol–water partition coefficient (Wildman–Crippen LogP) is 8.27. The van der Waals surface area contributed by atoms with Gasteiger partial charge in [-0.25, -0.2) is 4.39 Å². The SMILES string of the molecule is CCCCC1CCC(C2CC=C(CCc3ccc(OCCC)c(F)c3)CC2)CC1. The highest BCUT2D eigenvalue weighted by Crippen LogP contribution is 2.41. The topological polar surface area (TPSA) is 9.23 Å². The Hall–Kier alpha value is -1.31. The second kappa shape index (κ2) is 11.8. The number of allylic oxidation sites excluding steroid dienone is 2. The number of ether oxygens (including phenoxy) is 1. The summed E-state index contributed by atoms with van der Waals surface area (Å²) >= 11 is 0. The molecule has 0 amide bonds. The summed E-state index contributed by atoms with van der Waals surface area (Å²) < 4.78 is 19.6. The zero-order valence-electron chi connectivity index (χ0n) is 18.7. The summed E-state index contributed by atoms with van der Waals surface area (Å²) in [7, 11) is 0. The van der Waals surface area contributed by atoms with Crippen molar-refractivity contribution >= 4 is 0 Å². The molecule has 0 aromatic heterocycles. The molecule has 2 aliphatic rings. The number of hydrogen-bond acceptors (Lipinski definition) is 1. The number of rotatable bonds is 10. The molecule has 0 aliphatic heterocycles. The maximum absolute atomic E-state index is 14.2. The first-order valence-corrected chi connectivity index (χ1v) is 12.3. The minimum absolute atomic E-state index is 0.219. The predicted molar refractivity (Wildman–Crippen MR) is 121 cm³/mol. The van der Waals surface area contributed by atoms with Gasteiger partial charge in [-0.1, -0.05) is 63.7 Å². The van der Waals surface area contributed by atoms with E-state index in [2.05, 4.69) is 13.0 Å². The Bertz CT molecular complexity index is 642. The van der Waals surface area contributed by atoms with Crippen molar-refractivity contribution < 1.29 is 9.13 Å². The van der Waals surface area contributed by atoms with Gasteiger partial charge in [0.15, 0.2) is 11.6 Å². The first-order valence-electron chi connectivity index (χ1n) is 12.3. The van der Waals surface area contributed by atoms with Crippen LogP contribution in [0.4, 0.5) is 4.39 Å². The minimum Gasteiger partial charge on any atom is -0.491 e. The molecule has 1 saturated carbocycles. The molecule has 0 saturated heterocycles. The van der Waals surface area contributed by atoms with Gasteiger partial charge in [0, 0.05) is 0 Å². The van der Waals surface area contributed by atoms with Crippen molar-refractivity contribution in [2.75, 3.05) is 6.61 Å². The Morgan fingerprint density at radius 2 is 1.79 bits per heavy atom. The van der Waals surface area contributed by atoms with Crippen molar-refractivity contribution in [3.8, 4) is 5.75 Å². The van der Waals surface area contributed by atoms with E-state index in [9.17, 15) is 4.39 Å². The van der Waals surface area contributed by atoms with Crippen LogP contribution >= 0.6 is 0 Å². The lowest BCUT2D eigenvalue weighted by Gasteiger charge is -2.35. The molecule has 0 N–H and O–H groups in total. The van der Waals surface area contributed by atoms with Crippen LogP contribution in [0.25, 0.3) is 0 Å². The van der Waals surface area contributed by atoms with Crippen molar-refractivity contribution in [2.45, 2.75) is 97.3 Å². The fourth-order valence-corrected chi connectivity index (χ4v) is 5.34. The Balaban J connectivity index is 1.41. The van der Waals surface area contributed by atoms with Crippen LogP contribution in [0.1, 0.15) is 96.5 Å². The Morgan fingerprint density at radius 3 is 2.45 bits per heavy atom. The first kappa shape index (κ1) is 22.4. The average Bonchev–Trinajstić information content (AvgIpc) is 2.76. The monoisotopic (exact) mass is 400 g/mol. The van der Waals surface area contributed by atoms with Crippen molar-refractivity contribution in [1.82, 2.24) is 0 Å². The standard InChI is InChI=1S/C27H41FO/c1-3-5-6-21-9-14-24(15-10-21)25-16-11-22(12-17-25)7-8-23-13-18-27(26(28)20-23)29-19-4-2/h11,13,18,20-21,24-25H,3-10,12,14-17,19H2,1-2H3. The zero-order chi connectivity index (χ0) is 20.5. The van der Waals surface area contributed by atoms with Crippen LogP contribution in [0.3, 0.4) is 0 Å². The van der Waals surface area contributed by atoms with E-state index in [4.69, 9.17) is 4.74 Å². The number of aryl methyl sites for hydroxylation is 1. The quantitative estimate of drug-likeness (QED) is 0.359. The second-order valence-electron chi connectivity index (χ2n) is 9.43. The van der Waals surface area contributed by atoms with Crippen molar-refractivity contribution in [3.63, 3.8) is 0 Å². The molecule has 0 radical (unpaired) electrons. The highest BCUT2D eigenvalue weighted by Gasteiger charge is 2.28. The molecule has 1 aromatic rings. The molecule has 0 bridgehead atoms. The summed E-state index contributed by atoms with van der Waals surface area (Å²) in [5.74, 6) is 3.07. The van der Waals surface area contributed by atoms with Crippen LogP contribution < -0.4 is 4.74 Å². The third-order valence-corrected chi connectivity index (χ3v) is 7.26. The van der Waals surface area contributed by atoms with E-state index >= 15 is 0 Å². The maximum atomic E-state index is 14.2. The molecular weight excluding hydrogens is 359 g/mol. The van der Waals surface area contributed by atoms with E-state index in [0.717, 1.165) is 42.6 Å². The largest absolute Gasteiger partial charge is 0.491 e. The van der Waals surface area contributed by atoms with Crippen molar-refractivity contribution in [2.24, 2.45) is 17.8 Å². The lowest BCUT2D eigenvalue weighted by atomic mass is 9.70. The fourth-order valence-electron chi connectivity index (χ4n) is 5.34. The molecule has 29 heavy (non-hydrogen) atoms. The molecule has 1 nitrogen and oxygen atoms in total. The molecule has 3 rings (SSSR count). The highest BCUT2D eigenvalue weighted by molar-refractivity contribution is 5.30. The normalized spacial score (nSPS) is 24.9. The van der Waals surface area contributed by atoms with Crippen LogP contribution in [0.2, 0.25) is 0 Å². The molecule has 1 unspecified atom stereocenters. The van der Waals surface area contributed by atoms with Gasteiger partial charge in [-0.2, -0.15) is 0 Å². The molecule has 2 heteroatoms. The number of benzene rings is 1. The van der Waals surface area contributed by atoms with Crippen molar-refractivity contribution in [3.05, 3.63) is 41.2 Å². The molecule has 0 spiro atoms. The third kappa shape index (κ3) is 6.86. The Labute approximate surface area is 178 Å². The summed E-state index contributed by atoms with van der Waals surface area (Å²) in [6.07, 6.45) is 19.4. The summed E-state index contributed by atoms with van der Waals surface area (Å²) in [6.45, 7) is 4.92. The van der Waals surface area contributed by atoms with E-state index in [0.29, 0.717) is 12.4 Å². The van der Waals surface area contributed by atoms with Crippen LogP contribution in [-0.2, 0) is 6.42 Å². The van der Waals surface area contributed by atoms with Gasteiger partial charge in [0.2, 0.25) is 0 Å². The van der Waals surface area contributed by atoms with E-state index in [1.54, 1.807) is 17.7 Å². The number of unbranched alkanes of at least 4 members (excludes halogenated alkanes) is 1. The van der Waals surface area contributed by atoms with E-state index in [1.165, 1.54) is 64.2 Å². The van der Waals surface area contributed by atoms with Gasteiger partial charge in [-0.3, -0.25) is 0 Å². The molecule has 2 aliphatic carbocycles. The molecule has 1 aromatic carbocycles. The van der Waals surface area contributed by atoms with Crippen LogP contribution in [0.5, 0.6) is 5.75 Å². The molecular formula is C27H41FO. The molecule has 162 valence electrons. The molecule has 1 fully saturated rings. The summed E-state index contributed by atoms with van der Waals surface area (Å²) in [4.78, 5) is 0. The summed E-state index contributed by atoms with van der Waals surface area (Å²) in [5.41, 5.74) is 2.67. The van der Waals surface area contributed by atoms with Crippen LogP contribution in [0.15, 0.2) is 29.8 Å². The summed E-state index contributed by atoms with van der Waals surface area (Å²) in [5, 5.41) is 0. The zero-order valence-corrected chi connectivity index (χ0v) is 18.7. The van der Waals surface area contributed by atoms with E-state index in [1.807, 2.05) is 13.0 Å². The molecule has 1 atom stereocenters. The highest BCUT2D eigenvalue weighted by atomic mass is 19.1. The molecule has 0 heterocycles. The van der Waals surface area contributed by atoms with Gasteiger partial charge in [0.05, 0.1) is 6.61 Å². The lowest BCUT2D eigenvalue weighted by molar-refractivity contribution is 0.185. The minimum atomic E-state index is -0.219.